The number of ketones is 1. The Kier molecular flexibility index (Phi) is 4.82. The minimum absolute atomic E-state index is 0.0505. The van der Waals surface area contributed by atoms with Gasteiger partial charge in [-0.05, 0) is 36.6 Å². The molecule has 6 heteroatoms. The molecule has 0 radical (unpaired) electrons. The van der Waals surface area contributed by atoms with Gasteiger partial charge in [0.15, 0.2) is 11.5 Å². The van der Waals surface area contributed by atoms with Crippen LogP contribution in [0.1, 0.15) is 59.9 Å². The SMILES string of the molecule is CC(C)S(=O)Cc1cc(Br)ccc1C(=O)c1cnoc1C1CC1. The molecule has 2 aromatic rings. The lowest BCUT2D eigenvalue weighted by atomic mass is 9.99. The van der Waals surface area contributed by atoms with E-state index in [1.807, 2.05) is 26.0 Å². The summed E-state index contributed by atoms with van der Waals surface area (Å²) in [5, 5.41) is 3.85. The van der Waals surface area contributed by atoms with E-state index >= 15 is 0 Å². The average molecular weight is 396 g/mol. The molecule has 0 saturated heterocycles. The van der Waals surface area contributed by atoms with Gasteiger partial charge < -0.3 is 4.52 Å². The predicted octanol–water partition coefficient (Wildman–Crippen LogP) is 4.20. The summed E-state index contributed by atoms with van der Waals surface area (Å²) in [5.74, 6) is 1.27. The molecule has 0 aliphatic heterocycles. The summed E-state index contributed by atoms with van der Waals surface area (Å²) in [6.45, 7) is 3.83. The van der Waals surface area contributed by atoms with Gasteiger partial charge in [0, 0.05) is 37.8 Å². The number of benzene rings is 1. The maximum absolute atomic E-state index is 12.9. The first-order chi connectivity index (χ1) is 11.0. The predicted molar refractivity (Wildman–Crippen MR) is 93.0 cm³/mol. The van der Waals surface area contributed by atoms with Crippen LogP contribution in [0.25, 0.3) is 0 Å². The van der Waals surface area contributed by atoms with E-state index in [0.29, 0.717) is 28.6 Å². The second-order valence-corrected chi connectivity index (χ2v) is 8.99. The number of rotatable bonds is 6. The van der Waals surface area contributed by atoms with Crippen LogP contribution in [0.5, 0.6) is 0 Å². The first-order valence-electron chi connectivity index (χ1n) is 7.62. The number of carbonyl (C=O) groups excluding carboxylic acids is 1. The van der Waals surface area contributed by atoms with Crippen LogP contribution in [-0.2, 0) is 16.6 Å². The Morgan fingerprint density at radius 2 is 2.13 bits per heavy atom. The fourth-order valence-corrected chi connectivity index (χ4v) is 3.71. The summed E-state index contributed by atoms with van der Waals surface area (Å²) in [6, 6.07) is 5.49. The highest BCUT2D eigenvalue weighted by molar-refractivity contribution is 9.10. The molecule has 0 amide bonds. The third-order valence-corrected chi connectivity index (χ3v) is 6.07. The van der Waals surface area contributed by atoms with E-state index in [4.69, 9.17) is 4.52 Å². The fourth-order valence-electron chi connectivity index (χ4n) is 2.43. The number of carbonyl (C=O) groups is 1. The summed E-state index contributed by atoms with van der Waals surface area (Å²) < 4.78 is 18.4. The van der Waals surface area contributed by atoms with E-state index in [1.165, 1.54) is 6.20 Å². The van der Waals surface area contributed by atoms with E-state index in [2.05, 4.69) is 21.1 Å². The molecule has 1 aromatic heterocycles. The van der Waals surface area contributed by atoms with Gasteiger partial charge in [-0.1, -0.05) is 34.9 Å². The average Bonchev–Trinajstić information content (AvgIpc) is 3.23. The number of hydrogen-bond donors (Lipinski definition) is 0. The second-order valence-electron chi connectivity index (χ2n) is 6.08. The van der Waals surface area contributed by atoms with Crippen LogP contribution in [-0.4, -0.2) is 20.4 Å². The zero-order valence-electron chi connectivity index (χ0n) is 13.0. The summed E-state index contributed by atoms with van der Waals surface area (Å²) in [5.41, 5.74) is 1.90. The first-order valence-corrected chi connectivity index (χ1v) is 9.79. The largest absolute Gasteiger partial charge is 0.360 e. The van der Waals surface area contributed by atoms with Gasteiger partial charge in [0.2, 0.25) is 0 Å². The molecule has 1 aromatic carbocycles. The Bertz CT molecular complexity index is 765. The monoisotopic (exact) mass is 395 g/mol. The minimum atomic E-state index is -1.02. The summed E-state index contributed by atoms with van der Waals surface area (Å²) in [7, 11) is -1.02. The van der Waals surface area contributed by atoms with E-state index in [-0.39, 0.29) is 11.0 Å². The number of aromatic nitrogens is 1. The lowest BCUT2D eigenvalue weighted by Crippen LogP contribution is -2.12. The lowest BCUT2D eigenvalue weighted by Gasteiger charge is -2.11. The molecule has 1 heterocycles. The number of hydrogen-bond acceptors (Lipinski definition) is 4. The van der Waals surface area contributed by atoms with Crippen molar-refractivity contribution in [2.24, 2.45) is 0 Å². The Labute approximate surface area is 146 Å². The van der Waals surface area contributed by atoms with Crippen molar-refractivity contribution in [3.8, 4) is 0 Å². The smallest absolute Gasteiger partial charge is 0.198 e. The third-order valence-electron chi connectivity index (χ3n) is 3.93. The summed E-state index contributed by atoms with van der Waals surface area (Å²) >= 11 is 3.43. The van der Waals surface area contributed by atoms with Crippen molar-refractivity contribution in [3.05, 3.63) is 51.3 Å². The van der Waals surface area contributed by atoms with Crippen LogP contribution < -0.4 is 0 Å². The van der Waals surface area contributed by atoms with E-state index in [0.717, 1.165) is 22.9 Å². The Balaban J connectivity index is 1.96. The molecule has 0 bridgehead atoms. The van der Waals surface area contributed by atoms with E-state index in [1.54, 1.807) is 6.07 Å². The van der Waals surface area contributed by atoms with Crippen molar-refractivity contribution >= 4 is 32.5 Å². The highest BCUT2D eigenvalue weighted by Crippen LogP contribution is 2.42. The molecule has 1 saturated carbocycles. The van der Waals surface area contributed by atoms with Gasteiger partial charge in [0.1, 0.15) is 0 Å². The molecular formula is C17H18BrNO3S. The van der Waals surface area contributed by atoms with Gasteiger partial charge in [-0.15, -0.1) is 0 Å². The number of halogens is 1. The number of nitrogens with zero attached hydrogens (tertiary/aromatic N) is 1. The first kappa shape index (κ1) is 16.6. The van der Waals surface area contributed by atoms with Crippen LogP contribution in [0.4, 0.5) is 0 Å². The van der Waals surface area contributed by atoms with E-state index in [9.17, 15) is 9.00 Å². The van der Waals surface area contributed by atoms with Gasteiger partial charge >= 0.3 is 0 Å². The van der Waals surface area contributed by atoms with Crippen molar-refractivity contribution in [3.63, 3.8) is 0 Å². The van der Waals surface area contributed by atoms with Crippen LogP contribution in [0.15, 0.2) is 33.4 Å². The molecule has 1 fully saturated rings. The molecule has 122 valence electrons. The van der Waals surface area contributed by atoms with Crippen LogP contribution >= 0.6 is 15.9 Å². The highest BCUT2D eigenvalue weighted by Gasteiger charge is 2.33. The third kappa shape index (κ3) is 3.63. The standard InChI is InChI=1S/C17H18BrNO3S/c1-10(2)23(21)9-12-7-13(18)5-6-14(12)16(20)15-8-19-22-17(15)11-3-4-11/h5-8,10-11H,3-4,9H2,1-2H3. The Morgan fingerprint density at radius 1 is 1.39 bits per heavy atom. The molecule has 4 nitrogen and oxygen atoms in total. The maximum Gasteiger partial charge on any atom is 0.198 e. The highest BCUT2D eigenvalue weighted by atomic mass is 79.9. The van der Waals surface area contributed by atoms with Crippen LogP contribution in [0, 0.1) is 0 Å². The zero-order valence-corrected chi connectivity index (χ0v) is 15.4. The normalized spacial score (nSPS) is 15.8. The van der Waals surface area contributed by atoms with Gasteiger partial charge in [-0.2, -0.15) is 0 Å². The maximum atomic E-state index is 12.9. The van der Waals surface area contributed by atoms with Crippen molar-refractivity contribution in [2.45, 2.75) is 43.6 Å². The molecule has 1 aliphatic carbocycles. The molecular weight excluding hydrogens is 378 g/mol. The van der Waals surface area contributed by atoms with Gasteiger partial charge in [0.05, 0.1) is 11.8 Å². The van der Waals surface area contributed by atoms with Gasteiger partial charge in [-0.3, -0.25) is 9.00 Å². The van der Waals surface area contributed by atoms with Gasteiger partial charge in [0.25, 0.3) is 0 Å². The van der Waals surface area contributed by atoms with Crippen LogP contribution in [0.2, 0.25) is 0 Å². The molecule has 0 N–H and O–H groups in total. The van der Waals surface area contributed by atoms with Crippen LogP contribution in [0.3, 0.4) is 0 Å². The Morgan fingerprint density at radius 3 is 2.78 bits per heavy atom. The molecule has 1 aliphatic rings. The van der Waals surface area contributed by atoms with Crippen molar-refractivity contribution in [1.82, 2.24) is 5.16 Å². The minimum Gasteiger partial charge on any atom is -0.360 e. The van der Waals surface area contributed by atoms with Crippen molar-refractivity contribution in [1.29, 1.82) is 0 Å². The quantitative estimate of drug-likeness (QED) is 0.687. The fraction of sp³-hybridized carbons (Fsp3) is 0.412. The van der Waals surface area contributed by atoms with Crippen molar-refractivity contribution in [2.75, 3.05) is 0 Å². The second kappa shape index (κ2) is 6.69. The molecule has 3 rings (SSSR count). The summed E-state index contributed by atoms with van der Waals surface area (Å²) in [4.78, 5) is 12.9. The van der Waals surface area contributed by atoms with E-state index < -0.39 is 10.8 Å². The lowest BCUT2D eigenvalue weighted by molar-refractivity contribution is 0.103. The molecule has 1 unspecified atom stereocenters. The topological polar surface area (TPSA) is 60.2 Å². The summed E-state index contributed by atoms with van der Waals surface area (Å²) in [6.07, 6.45) is 3.58. The molecule has 23 heavy (non-hydrogen) atoms. The molecule has 1 atom stereocenters. The molecule has 0 spiro atoms. The van der Waals surface area contributed by atoms with Crippen molar-refractivity contribution < 1.29 is 13.5 Å². The van der Waals surface area contributed by atoms with Gasteiger partial charge in [-0.25, -0.2) is 0 Å². The zero-order chi connectivity index (χ0) is 16.6. The Hall–Kier alpha value is -1.27.